The van der Waals surface area contributed by atoms with Crippen molar-refractivity contribution in [2.45, 2.75) is 0 Å². The predicted molar refractivity (Wildman–Crippen MR) is 262 cm³/mol. The number of benzene rings is 9. The second kappa shape index (κ2) is 13.0. The van der Waals surface area contributed by atoms with E-state index in [4.69, 9.17) is 15.0 Å². The van der Waals surface area contributed by atoms with Gasteiger partial charge in [0.15, 0.2) is 0 Å². The van der Waals surface area contributed by atoms with E-state index in [1.807, 2.05) is 31.0 Å². The van der Waals surface area contributed by atoms with Crippen LogP contribution in [0.4, 0.5) is 0 Å². The third-order valence-electron chi connectivity index (χ3n) is 13.5. The molecule has 9 aromatic carbocycles. The number of pyridine rings is 3. The summed E-state index contributed by atoms with van der Waals surface area (Å²) in [4.78, 5) is 15.0. The Balaban J connectivity index is 1.30. The second-order valence-corrected chi connectivity index (χ2v) is 16.6. The standard InChI is InChI=1S/C58H32N6/c59-29-42-57(63-45-26-14-25-40-39-23-12-13-24-41(39)56-55(52(40)45)46(63)27-28-62-56)50(35-17-6-2-7-18-35)49(34-15-4-1-5-16-34)51(36-19-8-3-9-20-36)58(42)64-47-32-60-30-43-37-21-10-11-22-38(37)44-31-61-33-48(64)54(44)53(43)47/h1-28,30-33H. The lowest BCUT2D eigenvalue weighted by atomic mass is 9.82. The molecule has 0 unspecified atom stereocenters. The van der Waals surface area contributed by atoms with Gasteiger partial charge in [0, 0.05) is 73.0 Å². The molecule has 0 saturated carbocycles. The first kappa shape index (κ1) is 34.8. The zero-order valence-electron chi connectivity index (χ0n) is 34.2. The molecule has 294 valence electrons. The summed E-state index contributed by atoms with van der Waals surface area (Å²) < 4.78 is 4.64. The van der Waals surface area contributed by atoms with Crippen LogP contribution >= 0.6 is 0 Å². The van der Waals surface area contributed by atoms with Crippen molar-refractivity contribution < 1.29 is 0 Å². The highest BCUT2D eigenvalue weighted by Gasteiger charge is 2.33. The van der Waals surface area contributed by atoms with Crippen molar-refractivity contribution in [3.63, 3.8) is 0 Å². The van der Waals surface area contributed by atoms with Gasteiger partial charge in [-0.2, -0.15) is 5.26 Å². The van der Waals surface area contributed by atoms with Crippen LogP contribution in [-0.2, 0) is 0 Å². The SMILES string of the molecule is N#Cc1c(-n2c3cncc4c5ccccc5c5cncc2c5c43)c(-c2ccccc2)c(-c2ccccc2)c(-c2ccccc2)c1-n1c2cccc3c4ccccc4c4nccc1c4c32. The minimum atomic E-state index is 0.531. The number of nitrogens with zero attached hydrogens (tertiary/aromatic N) is 6. The monoisotopic (exact) mass is 812 g/mol. The first-order chi connectivity index (χ1) is 31.8. The van der Waals surface area contributed by atoms with Gasteiger partial charge >= 0.3 is 0 Å². The molecule has 0 radical (unpaired) electrons. The molecule has 0 amide bonds. The molecule has 0 atom stereocenters. The third kappa shape index (κ3) is 4.49. The lowest BCUT2D eigenvalue weighted by Crippen LogP contribution is -2.11. The average Bonchev–Trinajstić information content (AvgIpc) is 3.89. The fraction of sp³-hybridized carbons (Fsp3) is 0. The summed E-state index contributed by atoms with van der Waals surface area (Å²) in [7, 11) is 0. The van der Waals surface area contributed by atoms with Gasteiger partial charge in [0.2, 0.25) is 0 Å². The minimum absolute atomic E-state index is 0.531. The fourth-order valence-corrected chi connectivity index (χ4v) is 11.0. The number of fused-ring (bicyclic) bond motifs is 6. The Bertz CT molecular complexity index is 3820. The Morgan fingerprint density at radius 3 is 1.34 bits per heavy atom. The summed E-state index contributed by atoms with van der Waals surface area (Å²) in [5.41, 5.74) is 12.8. The Labute approximate surface area is 365 Å². The van der Waals surface area contributed by atoms with Crippen LogP contribution in [0.15, 0.2) is 195 Å². The third-order valence-corrected chi connectivity index (χ3v) is 13.5. The highest BCUT2D eigenvalue weighted by molar-refractivity contribution is 6.35. The second-order valence-electron chi connectivity index (χ2n) is 16.6. The van der Waals surface area contributed by atoms with Gasteiger partial charge < -0.3 is 9.13 Å². The summed E-state index contributed by atoms with van der Waals surface area (Å²) >= 11 is 0. The van der Waals surface area contributed by atoms with E-state index in [9.17, 15) is 5.26 Å². The van der Waals surface area contributed by atoms with E-state index in [0.29, 0.717) is 5.56 Å². The zero-order valence-corrected chi connectivity index (χ0v) is 34.2. The topological polar surface area (TPSA) is 72.3 Å². The summed E-state index contributed by atoms with van der Waals surface area (Å²) in [5.74, 6) is 0. The molecule has 0 aliphatic rings. The van der Waals surface area contributed by atoms with Crippen LogP contribution < -0.4 is 0 Å². The van der Waals surface area contributed by atoms with E-state index in [-0.39, 0.29) is 0 Å². The van der Waals surface area contributed by atoms with Crippen LogP contribution in [0.1, 0.15) is 5.56 Å². The molecule has 5 heterocycles. The van der Waals surface area contributed by atoms with Crippen molar-refractivity contribution in [1.82, 2.24) is 24.1 Å². The maximum atomic E-state index is 12.3. The maximum Gasteiger partial charge on any atom is 0.104 e. The van der Waals surface area contributed by atoms with Gasteiger partial charge in [-0.25, -0.2) is 0 Å². The Hall–Kier alpha value is -8.92. The lowest BCUT2D eigenvalue weighted by molar-refractivity contribution is 1.11. The van der Waals surface area contributed by atoms with E-state index in [1.54, 1.807) is 0 Å². The molecule has 14 rings (SSSR count). The molecule has 0 fully saturated rings. The molecule has 0 spiro atoms. The predicted octanol–water partition coefficient (Wildman–Crippen LogP) is 14.4. The van der Waals surface area contributed by atoms with Gasteiger partial charge in [0.25, 0.3) is 0 Å². The van der Waals surface area contributed by atoms with E-state index in [0.717, 1.165) is 132 Å². The minimum Gasteiger partial charge on any atom is -0.307 e. The average molecular weight is 813 g/mol. The largest absolute Gasteiger partial charge is 0.307 e. The molecule has 5 aromatic heterocycles. The summed E-state index contributed by atoms with van der Waals surface area (Å²) in [6, 6.07) is 60.5. The molecule has 0 saturated heterocycles. The van der Waals surface area contributed by atoms with Gasteiger partial charge in [0.1, 0.15) is 11.6 Å². The highest BCUT2D eigenvalue weighted by Crippen LogP contribution is 2.54. The molecule has 0 aliphatic heterocycles. The van der Waals surface area contributed by atoms with Crippen molar-refractivity contribution in [2.24, 2.45) is 0 Å². The first-order valence-electron chi connectivity index (χ1n) is 21.5. The summed E-state index contributed by atoms with van der Waals surface area (Å²) in [6.07, 6.45) is 9.81. The molecule has 6 heteroatoms. The van der Waals surface area contributed by atoms with Gasteiger partial charge in [-0.1, -0.05) is 152 Å². The van der Waals surface area contributed by atoms with E-state index >= 15 is 0 Å². The molecular formula is C58H32N6. The highest BCUT2D eigenvalue weighted by atomic mass is 15.0. The molecule has 0 aliphatic carbocycles. The number of rotatable bonds is 5. The Morgan fingerprint density at radius 2 is 0.797 bits per heavy atom. The van der Waals surface area contributed by atoms with Crippen LogP contribution in [0.2, 0.25) is 0 Å². The molecule has 0 bridgehead atoms. The van der Waals surface area contributed by atoms with Crippen LogP contribution in [-0.4, -0.2) is 24.1 Å². The Morgan fingerprint density at radius 1 is 0.359 bits per heavy atom. The van der Waals surface area contributed by atoms with Gasteiger partial charge in [-0.15, -0.1) is 0 Å². The smallest absolute Gasteiger partial charge is 0.104 e. The maximum absolute atomic E-state index is 12.3. The number of aromatic nitrogens is 5. The van der Waals surface area contributed by atoms with Crippen LogP contribution in [0, 0.1) is 11.3 Å². The number of nitriles is 1. The van der Waals surface area contributed by atoms with E-state index in [1.165, 1.54) is 0 Å². The van der Waals surface area contributed by atoms with Crippen molar-refractivity contribution in [1.29, 1.82) is 5.26 Å². The lowest BCUT2D eigenvalue weighted by Gasteiger charge is -2.27. The number of hydrogen-bond acceptors (Lipinski definition) is 4. The van der Waals surface area contributed by atoms with E-state index in [2.05, 4.69) is 179 Å². The summed E-state index contributed by atoms with van der Waals surface area (Å²) in [6.45, 7) is 0. The molecular weight excluding hydrogens is 781 g/mol. The van der Waals surface area contributed by atoms with Gasteiger partial charge in [-0.3, -0.25) is 15.0 Å². The fourth-order valence-electron chi connectivity index (χ4n) is 11.0. The van der Waals surface area contributed by atoms with Crippen LogP contribution in [0.5, 0.6) is 0 Å². The van der Waals surface area contributed by atoms with Gasteiger partial charge in [-0.05, 0) is 50.4 Å². The van der Waals surface area contributed by atoms with Crippen LogP contribution in [0.25, 0.3) is 132 Å². The van der Waals surface area contributed by atoms with Crippen molar-refractivity contribution >= 4 is 86.8 Å². The van der Waals surface area contributed by atoms with Crippen molar-refractivity contribution in [3.8, 4) is 50.8 Å². The van der Waals surface area contributed by atoms with Gasteiger partial charge in [0.05, 0.1) is 51.4 Å². The molecule has 64 heavy (non-hydrogen) atoms. The summed E-state index contributed by atoms with van der Waals surface area (Å²) in [5, 5.41) is 24.5. The normalized spacial score (nSPS) is 12.0. The van der Waals surface area contributed by atoms with Crippen molar-refractivity contribution in [3.05, 3.63) is 200 Å². The molecule has 6 nitrogen and oxygen atoms in total. The first-order valence-corrected chi connectivity index (χ1v) is 21.5. The van der Waals surface area contributed by atoms with E-state index < -0.39 is 0 Å². The number of hydrogen-bond donors (Lipinski definition) is 0. The quantitative estimate of drug-likeness (QED) is 0.162. The molecule has 0 N–H and O–H groups in total. The van der Waals surface area contributed by atoms with Crippen LogP contribution in [0.3, 0.4) is 0 Å². The molecule has 14 aromatic rings. The Kier molecular flexibility index (Phi) is 7.08. The van der Waals surface area contributed by atoms with Crippen molar-refractivity contribution in [2.75, 3.05) is 0 Å². The zero-order chi connectivity index (χ0) is 42.0.